The number of fused-ring (bicyclic) bond motifs is 1. The van der Waals surface area contributed by atoms with Gasteiger partial charge in [-0.15, -0.1) is 0 Å². The first kappa shape index (κ1) is 20.9. The number of nitrogens with one attached hydrogen (secondary N) is 1. The van der Waals surface area contributed by atoms with Crippen LogP contribution in [0.3, 0.4) is 0 Å². The molecule has 5 nitrogen and oxygen atoms in total. The fourth-order valence-electron chi connectivity index (χ4n) is 3.84. The van der Waals surface area contributed by atoms with E-state index < -0.39 is 5.92 Å². The van der Waals surface area contributed by atoms with Crippen molar-refractivity contribution in [2.24, 2.45) is 10.7 Å². The van der Waals surface area contributed by atoms with Gasteiger partial charge in [0.2, 0.25) is 5.91 Å². The highest BCUT2D eigenvalue weighted by atomic mass is 19.1. The molecule has 1 aliphatic heterocycles. The van der Waals surface area contributed by atoms with Crippen LogP contribution in [-0.2, 0) is 17.9 Å². The molecule has 0 aliphatic carbocycles. The maximum absolute atomic E-state index is 13.7. The Morgan fingerprint density at radius 2 is 1.84 bits per heavy atom. The van der Waals surface area contributed by atoms with Crippen LogP contribution in [0.25, 0.3) is 0 Å². The molecule has 0 saturated carbocycles. The Morgan fingerprint density at radius 3 is 2.55 bits per heavy atom. The summed E-state index contributed by atoms with van der Waals surface area (Å²) in [6.07, 6.45) is 0. The van der Waals surface area contributed by atoms with Crippen molar-refractivity contribution < 1.29 is 9.18 Å². The topological polar surface area (TPSA) is 70.7 Å². The van der Waals surface area contributed by atoms with Crippen molar-refractivity contribution in [3.05, 3.63) is 94.8 Å². The average Bonchev–Trinajstić information content (AvgIpc) is 3.07. The monoisotopic (exact) mass is 416 g/mol. The molecule has 0 bridgehead atoms. The lowest BCUT2D eigenvalue weighted by molar-refractivity contribution is -0.115. The molecule has 3 N–H and O–H groups in total. The first-order chi connectivity index (χ1) is 14.9. The van der Waals surface area contributed by atoms with Gasteiger partial charge in [0.05, 0.1) is 11.4 Å². The molecule has 3 aromatic rings. The molecule has 0 fully saturated rings. The van der Waals surface area contributed by atoms with Gasteiger partial charge in [-0.25, -0.2) is 4.39 Å². The maximum atomic E-state index is 13.7. The van der Waals surface area contributed by atoms with E-state index in [1.807, 2.05) is 62.6 Å². The van der Waals surface area contributed by atoms with Crippen LogP contribution in [0.1, 0.15) is 28.2 Å². The molecule has 0 spiro atoms. The summed E-state index contributed by atoms with van der Waals surface area (Å²) >= 11 is 0. The fraction of sp³-hybridized carbons (Fsp3) is 0.200. The summed E-state index contributed by atoms with van der Waals surface area (Å²) in [5, 5.41) is 2.79. The third-order valence-electron chi connectivity index (χ3n) is 5.26. The Hall–Kier alpha value is -3.35. The molecule has 1 aliphatic rings. The predicted molar refractivity (Wildman–Crippen MR) is 122 cm³/mol. The molecule has 158 valence electrons. The molecule has 31 heavy (non-hydrogen) atoms. The lowest BCUT2D eigenvalue weighted by Gasteiger charge is -2.15. The van der Waals surface area contributed by atoms with Crippen molar-refractivity contribution in [3.63, 3.8) is 0 Å². The van der Waals surface area contributed by atoms with Crippen molar-refractivity contribution in [3.8, 4) is 0 Å². The molecule has 1 amide bonds. The van der Waals surface area contributed by atoms with E-state index in [0.29, 0.717) is 23.5 Å². The number of aliphatic imine (C=N–C) groups is 1. The number of carbonyl (C=O) groups is 1. The second kappa shape index (κ2) is 8.79. The average molecular weight is 417 g/mol. The van der Waals surface area contributed by atoms with E-state index in [9.17, 15) is 9.18 Å². The van der Waals surface area contributed by atoms with Crippen LogP contribution in [0.15, 0.2) is 71.7 Å². The zero-order chi connectivity index (χ0) is 22.0. The number of carbonyl (C=O) groups excluding carboxylic acids is 1. The molecule has 4 rings (SSSR count). The Morgan fingerprint density at radius 1 is 1.06 bits per heavy atom. The number of anilines is 1. The molecule has 3 aromatic carbocycles. The summed E-state index contributed by atoms with van der Waals surface area (Å²) in [7, 11) is 4.04. The van der Waals surface area contributed by atoms with Gasteiger partial charge in [0, 0.05) is 18.8 Å². The number of nitrogens with two attached hydrogens (primary N) is 1. The van der Waals surface area contributed by atoms with Gasteiger partial charge >= 0.3 is 0 Å². The van der Waals surface area contributed by atoms with Gasteiger partial charge < -0.3 is 16.0 Å². The summed E-state index contributed by atoms with van der Waals surface area (Å²) in [5.41, 5.74) is 11.3. The summed E-state index contributed by atoms with van der Waals surface area (Å²) in [6, 6.07) is 20.1. The minimum Gasteiger partial charge on any atom is -0.326 e. The van der Waals surface area contributed by atoms with E-state index in [1.165, 1.54) is 17.7 Å². The van der Waals surface area contributed by atoms with Crippen molar-refractivity contribution in [2.75, 3.05) is 19.4 Å². The summed E-state index contributed by atoms with van der Waals surface area (Å²) < 4.78 is 13.7. The van der Waals surface area contributed by atoms with E-state index in [-0.39, 0.29) is 11.7 Å². The molecule has 0 saturated heterocycles. The molecule has 1 atom stereocenters. The Kier molecular flexibility index (Phi) is 5.93. The van der Waals surface area contributed by atoms with Crippen LogP contribution in [0, 0.1) is 5.82 Å². The molecule has 1 heterocycles. The summed E-state index contributed by atoms with van der Waals surface area (Å²) in [4.78, 5) is 19.9. The predicted octanol–water partition coefficient (Wildman–Crippen LogP) is 4.20. The zero-order valence-electron chi connectivity index (χ0n) is 17.6. The smallest absolute Gasteiger partial charge is 0.238 e. The van der Waals surface area contributed by atoms with Crippen LogP contribution in [0.5, 0.6) is 0 Å². The number of halogens is 1. The number of hydrogen-bond donors (Lipinski definition) is 2. The standard InChI is InChI=1S/C25H25FN4O/c1-30(2)15-16-6-9-20(10-7-16)28-24(18-5-3-4-17(12-18)14-27)23-21-11-8-19(26)13-22(21)29-25(23)31/h3-13,23H,14-15,27H2,1-2H3,(H,29,31). The van der Waals surface area contributed by atoms with E-state index in [0.717, 1.165) is 23.4 Å². The van der Waals surface area contributed by atoms with Gasteiger partial charge in [-0.05, 0) is 66.7 Å². The third-order valence-corrected chi connectivity index (χ3v) is 5.26. The van der Waals surface area contributed by atoms with Gasteiger partial charge in [0.1, 0.15) is 11.7 Å². The van der Waals surface area contributed by atoms with Gasteiger partial charge in [-0.3, -0.25) is 9.79 Å². The number of amides is 1. The Labute approximate surface area is 181 Å². The lowest BCUT2D eigenvalue weighted by Crippen LogP contribution is -2.22. The van der Waals surface area contributed by atoms with Gasteiger partial charge in [-0.2, -0.15) is 0 Å². The molecule has 1 unspecified atom stereocenters. The second-order valence-electron chi connectivity index (χ2n) is 7.96. The number of benzene rings is 3. The molecule has 0 aromatic heterocycles. The number of hydrogen-bond acceptors (Lipinski definition) is 4. The van der Waals surface area contributed by atoms with E-state index >= 15 is 0 Å². The Balaban J connectivity index is 1.81. The molecule has 6 heteroatoms. The minimum atomic E-state index is -0.634. The van der Waals surface area contributed by atoms with Gasteiger partial charge in [-0.1, -0.05) is 36.4 Å². The van der Waals surface area contributed by atoms with E-state index in [2.05, 4.69) is 10.2 Å². The second-order valence-corrected chi connectivity index (χ2v) is 7.96. The van der Waals surface area contributed by atoms with Crippen LogP contribution in [0.4, 0.5) is 15.8 Å². The quantitative estimate of drug-likeness (QED) is 0.592. The number of rotatable bonds is 6. The van der Waals surface area contributed by atoms with Crippen molar-refractivity contribution in [2.45, 2.75) is 19.0 Å². The normalized spacial score (nSPS) is 15.8. The summed E-state index contributed by atoms with van der Waals surface area (Å²) in [5.74, 6) is -1.24. The first-order valence-corrected chi connectivity index (χ1v) is 10.2. The zero-order valence-corrected chi connectivity index (χ0v) is 17.6. The minimum absolute atomic E-state index is 0.221. The van der Waals surface area contributed by atoms with Crippen molar-refractivity contribution in [1.29, 1.82) is 0 Å². The Bertz CT molecular complexity index is 1140. The maximum Gasteiger partial charge on any atom is 0.238 e. The first-order valence-electron chi connectivity index (χ1n) is 10.2. The fourth-order valence-corrected chi connectivity index (χ4v) is 3.84. The van der Waals surface area contributed by atoms with Crippen LogP contribution >= 0.6 is 0 Å². The molecular weight excluding hydrogens is 391 g/mol. The summed E-state index contributed by atoms with van der Waals surface area (Å²) in [6.45, 7) is 1.22. The van der Waals surface area contributed by atoms with Crippen LogP contribution in [0.2, 0.25) is 0 Å². The largest absolute Gasteiger partial charge is 0.326 e. The molecule has 0 radical (unpaired) electrons. The third kappa shape index (κ3) is 4.55. The van der Waals surface area contributed by atoms with E-state index in [1.54, 1.807) is 6.07 Å². The highest BCUT2D eigenvalue weighted by Gasteiger charge is 2.35. The highest BCUT2D eigenvalue weighted by molar-refractivity contribution is 6.24. The van der Waals surface area contributed by atoms with Crippen LogP contribution < -0.4 is 11.1 Å². The highest BCUT2D eigenvalue weighted by Crippen LogP contribution is 2.36. The van der Waals surface area contributed by atoms with Gasteiger partial charge in [0.15, 0.2) is 0 Å². The van der Waals surface area contributed by atoms with Crippen molar-refractivity contribution in [1.82, 2.24) is 4.90 Å². The van der Waals surface area contributed by atoms with Crippen LogP contribution in [-0.4, -0.2) is 30.6 Å². The lowest BCUT2D eigenvalue weighted by atomic mass is 9.90. The SMILES string of the molecule is CN(C)Cc1ccc(N=C(c2cccc(CN)c2)C2C(=O)Nc3cc(F)ccc32)cc1. The van der Waals surface area contributed by atoms with Crippen molar-refractivity contribution >= 4 is 23.0 Å². The molecular formula is C25H25FN4O. The van der Waals surface area contributed by atoms with Gasteiger partial charge in [0.25, 0.3) is 0 Å². The van der Waals surface area contributed by atoms with E-state index in [4.69, 9.17) is 10.7 Å². The number of nitrogens with zero attached hydrogens (tertiary/aromatic N) is 2.